The smallest absolute Gasteiger partial charge is 0.185 e. The Morgan fingerprint density at radius 2 is 2.00 bits per heavy atom. The lowest BCUT2D eigenvalue weighted by atomic mass is 10.1. The van der Waals surface area contributed by atoms with E-state index in [4.69, 9.17) is 16.3 Å². The molecule has 0 radical (unpaired) electrons. The highest BCUT2D eigenvalue weighted by molar-refractivity contribution is 6.32. The zero-order chi connectivity index (χ0) is 14.5. The summed E-state index contributed by atoms with van der Waals surface area (Å²) in [5, 5.41) is 0.264. The standard InChI is InChI=1S/C16H12ClFO2/c1-20-12-5-2-4-11(10-12)16(19)9-8-13-14(17)6-3-7-15(13)18/h2-10H,1H3. The van der Waals surface area contributed by atoms with Crippen LogP contribution in [-0.2, 0) is 0 Å². The van der Waals surface area contributed by atoms with Crippen LogP contribution in [0.4, 0.5) is 4.39 Å². The number of carbonyl (C=O) groups is 1. The summed E-state index contributed by atoms with van der Waals surface area (Å²) >= 11 is 5.88. The third kappa shape index (κ3) is 3.25. The van der Waals surface area contributed by atoms with Crippen LogP contribution < -0.4 is 4.74 Å². The van der Waals surface area contributed by atoms with Crippen molar-refractivity contribution < 1.29 is 13.9 Å². The number of rotatable bonds is 4. The second-order valence-electron chi connectivity index (χ2n) is 4.06. The Morgan fingerprint density at radius 1 is 1.25 bits per heavy atom. The first-order valence-corrected chi connectivity index (χ1v) is 6.30. The van der Waals surface area contributed by atoms with Crippen LogP contribution in [0.5, 0.6) is 5.75 Å². The Kier molecular flexibility index (Phi) is 4.53. The maximum atomic E-state index is 13.6. The van der Waals surface area contributed by atoms with Gasteiger partial charge in [-0.05, 0) is 36.4 Å². The molecule has 0 unspecified atom stereocenters. The molecule has 4 heteroatoms. The third-order valence-electron chi connectivity index (χ3n) is 2.76. The van der Waals surface area contributed by atoms with Crippen molar-refractivity contribution in [2.24, 2.45) is 0 Å². The lowest BCUT2D eigenvalue weighted by Gasteiger charge is -2.02. The fourth-order valence-corrected chi connectivity index (χ4v) is 1.93. The summed E-state index contributed by atoms with van der Waals surface area (Å²) in [5.41, 5.74) is 0.665. The lowest BCUT2D eigenvalue weighted by Crippen LogP contribution is -1.95. The van der Waals surface area contributed by atoms with E-state index in [-0.39, 0.29) is 16.4 Å². The molecule has 0 saturated carbocycles. The Hall–Kier alpha value is -2.13. The Morgan fingerprint density at radius 3 is 2.70 bits per heavy atom. The average Bonchev–Trinajstić information content (AvgIpc) is 2.46. The van der Waals surface area contributed by atoms with Crippen molar-refractivity contribution >= 4 is 23.5 Å². The molecule has 0 aliphatic rings. The molecule has 20 heavy (non-hydrogen) atoms. The van der Waals surface area contributed by atoms with Crippen LogP contribution in [0.1, 0.15) is 15.9 Å². The zero-order valence-electron chi connectivity index (χ0n) is 10.8. The molecular weight excluding hydrogens is 279 g/mol. The van der Waals surface area contributed by atoms with E-state index in [0.29, 0.717) is 11.3 Å². The van der Waals surface area contributed by atoms with Gasteiger partial charge in [0.2, 0.25) is 0 Å². The third-order valence-corrected chi connectivity index (χ3v) is 3.08. The number of ether oxygens (including phenoxy) is 1. The van der Waals surface area contributed by atoms with E-state index in [0.717, 1.165) is 0 Å². The minimum absolute atomic E-state index is 0.199. The summed E-state index contributed by atoms with van der Waals surface area (Å²) in [5.74, 6) is -0.122. The van der Waals surface area contributed by atoms with Crippen LogP contribution in [0.15, 0.2) is 48.5 Å². The van der Waals surface area contributed by atoms with E-state index in [1.807, 2.05) is 0 Å². The van der Waals surface area contributed by atoms with Gasteiger partial charge in [-0.1, -0.05) is 29.8 Å². The quantitative estimate of drug-likeness (QED) is 0.617. The van der Waals surface area contributed by atoms with Gasteiger partial charge in [-0.25, -0.2) is 4.39 Å². The predicted octanol–water partition coefficient (Wildman–Crippen LogP) is 4.38. The lowest BCUT2D eigenvalue weighted by molar-refractivity contribution is 0.104. The van der Waals surface area contributed by atoms with Gasteiger partial charge < -0.3 is 4.74 Å². The first-order valence-electron chi connectivity index (χ1n) is 5.92. The molecule has 0 aromatic heterocycles. The summed E-state index contributed by atoms with van der Waals surface area (Å²) < 4.78 is 18.6. The van der Waals surface area contributed by atoms with E-state index in [9.17, 15) is 9.18 Å². The SMILES string of the molecule is COc1cccc(C(=O)C=Cc2c(F)cccc2Cl)c1. The normalized spacial score (nSPS) is 10.8. The van der Waals surface area contributed by atoms with Crippen LogP contribution in [-0.4, -0.2) is 12.9 Å². The molecular formula is C16H12ClFO2. The fourth-order valence-electron chi connectivity index (χ4n) is 1.70. The molecule has 0 aliphatic carbocycles. The van der Waals surface area contributed by atoms with Crippen LogP contribution in [0.3, 0.4) is 0 Å². The van der Waals surface area contributed by atoms with Gasteiger partial charge in [0.1, 0.15) is 11.6 Å². The number of hydrogen-bond acceptors (Lipinski definition) is 2. The summed E-state index contributed by atoms with van der Waals surface area (Å²) in [6, 6.07) is 11.1. The maximum absolute atomic E-state index is 13.6. The highest BCUT2D eigenvalue weighted by Gasteiger charge is 2.06. The first-order chi connectivity index (χ1) is 9.61. The molecule has 0 atom stereocenters. The minimum Gasteiger partial charge on any atom is -0.497 e. The van der Waals surface area contributed by atoms with Crippen molar-refractivity contribution in [3.05, 3.63) is 70.5 Å². The van der Waals surface area contributed by atoms with Crippen LogP contribution >= 0.6 is 11.6 Å². The van der Waals surface area contributed by atoms with Gasteiger partial charge >= 0.3 is 0 Å². The van der Waals surface area contributed by atoms with Gasteiger partial charge in [0.05, 0.1) is 12.1 Å². The topological polar surface area (TPSA) is 26.3 Å². The predicted molar refractivity (Wildman–Crippen MR) is 77.8 cm³/mol. The van der Waals surface area contributed by atoms with E-state index >= 15 is 0 Å². The molecule has 2 aromatic carbocycles. The summed E-state index contributed by atoms with van der Waals surface area (Å²) in [6.07, 6.45) is 2.67. The molecule has 0 N–H and O–H groups in total. The molecule has 0 heterocycles. The number of ketones is 1. The molecule has 0 bridgehead atoms. The van der Waals surface area contributed by atoms with Crippen LogP contribution in [0.2, 0.25) is 5.02 Å². The van der Waals surface area contributed by atoms with Crippen molar-refractivity contribution in [2.75, 3.05) is 7.11 Å². The molecule has 0 fully saturated rings. The summed E-state index contributed by atoms with van der Waals surface area (Å²) in [7, 11) is 1.53. The van der Waals surface area contributed by atoms with Gasteiger partial charge in [0.15, 0.2) is 5.78 Å². The Balaban J connectivity index is 2.25. The van der Waals surface area contributed by atoms with Gasteiger partial charge in [-0.15, -0.1) is 0 Å². The number of allylic oxidation sites excluding steroid dienone is 1. The molecule has 2 nitrogen and oxygen atoms in total. The van der Waals surface area contributed by atoms with Crippen molar-refractivity contribution in [3.8, 4) is 5.75 Å². The fraction of sp³-hybridized carbons (Fsp3) is 0.0625. The van der Waals surface area contributed by atoms with Crippen molar-refractivity contribution in [2.45, 2.75) is 0 Å². The van der Waals surface area contributed by atoms with E-state index in [1.165, 1.54) is 31.4 Å². The highest BCUT2D eigenvalue weighted by atomic mass is 35.5. The summed E-state index contributed by atoms with van der Waals surface area (Å²) in [4.78, 5) is 12.0. The molecule has 2 rings (SSSR count). The minimum atomic E-state index is -0.466. The molecule has 0 aliphatic heterocycles. The number of halogens is 2. The first kappa shape index (κ1) is 14.3. The second-order valence-corrected chi connectivity index (χ2v) is 4.47. The van der Waals surface area contributed by atoms with E-state index < -0.39 is 5.82 Å². The number of hydrogen-bond donors (Lipinski definition) is 0. The van der Waals surface area contributed by atoms with E-state index in [2.05, 4.69) is 0 Å². The van der Waals surface area contributed by atoms with Crippen molar-refractivity contribution in [1.82, 2.24) is 0 Å². The Bertz CT molecular complexity index is 645. The largest absolute Gasteiger partial charge is 0.497 e. The van der Waals surface area contributed by atoms with Crippen molar-refractivity contribution in [3.63, 3.8) is 0 Å². The number of methoxy groups -OCH3 is 1. The zero-order valence-corrected chi connectivity index (χ0v) is 11.5. The molecule has 0 saturated heterocycles. The molecule has 0 spiro atoms. The molecule has 102 valence electrons. The Labute approximate surface area is 121 Å². The van der Waals surface area contributed by atoms with Gasteiger partial charge in [0.25, 0.3) is 0 Å². The van der Waals surface area contributed by atoms with Gasteiger partial charge in [0, 0.05) is 11.1 Å². The monoisotopic (exact) mass is 290 g/mol. The highest BCUT2D eigenvalue weighted by Crippen LogP contribution is 2.21. The number of benzene rings is 2. The van der Waals surface area contributed by atoms with Gasteiger partial charge in [-0.2, -0.15) is 0 Å². The van der Waals surface area contributed by atoms with E-state index in [1.54, 1.807) is 30.3 Å². The average molecular weight is 291 g/mol. The van der Waals surface area contributed by atoms with Crippen molar-refractivity contribution in [1.29, 1.82) is 0 Å². The second kappa shape index (κ2) is 6.35. The maximum Gasteiger partial charge on any atom is 0.185 e. The summed E-state index contributed by atoms with van der Waals surface area (Å²) in [6.45, 7) is 0. The van der Waals surface area contributed by atoms with Crippen LogP contribution in [0, 0.1) is 5.82 Å². The number of carbonyl (C=O) groups excluding carboxylic acids is 1. The molecule has 2 aromatic rings. The van der Waals surface area contributed by atoms with Gasteiger partial charge in [-0.3, -0.25) is 4.79 Å². The van der Waals surface area contributed by atoms with Crippen LogP contribution in [0.25, 0.3) is 6.08 Å². The molecule has 0 amide bonds.